The summed E-state index contributed by atoms with van der Waals surface area (Å²) in [5.74, 6) is -2.24. The number of likely N-dealkylation sites (tertiary alicyclic amines) is 1. The second-order valence-electron chi connectivity index (χ2n) is 12.3. The summed E-state index contributed by atoms with van der Waals surface area (Å²) in [6.45, 7) is 7.89. The first-order valence-corrected chi connectivity index (χ1v) is 15.4. The van der Waals surface area contributed by atoms with Gasteiger partial charge in [0.2, 0.25) is 17.7 Å². The number of para-hydroxylation sites is 1. The molecule has 12 heteroatoms. The summed E-state index contributed by atoms with van der Waals surface area (Å²) in [6, 6.07) is 12.8. The summed E-state index contributed by atoms with van der Waals surface area (Å²) >= 11 is 0. The van der Waals surface area contributed by atoms with E-state index < -0.39 is 41.0 Å². The van der Waals surface area contributed by atoms with Crippen molar-refractivity contribution in [3.63, 3.8) is 0 Å². The lowest BCUT2D eigenvalue weighted by atomic mass is 9.65. The number of aromatic nitrogens is 3. The lowest BCUT2D eigenvalue weighted by molar-refractivity contribution is -0.151. The van der Waals surface area contributed by atoms with Crippen molar-refractivity contribution < 1.29 is 29.0 Å². The van der Waals surface area contributed by atoms with Crippen molar-refractivity contribution >= 4 is 34.4 Å². The Labute approximate surface area is 256 Å². The molecule has 3 aliphatic rings. The minimum Gasteiger partial charge on any atom is -0.494 e. The number of benzene rings is 2. The van der Waals surface area contributed by atoms with Crippen LogP contribution in [0.25, 0.3) is 11.0 Å². The van der Waals surface area contributed by atoms with Crippen LogP contribution in [0.4, 0.5) is 5.69 Å². The van der Waals surface area contributed by atoms with Gasteiger partial charge in [0, 0.05) is 5.69 Å². The lowest BCUT2D eigenvalue weighted by Gasteiger charge is -2.38. The zero-order valence-electron chi connectivity index (χ0n) is 25.5. The average molecular weight is 605 g/mol. The van der Waals surface area contributed by atoms with Crippen LogP contribution in [-0.2, 0) is 25.8 Å². The van der Waals surface area contributed by atoms with Gasteiger partial charge in [0.15, 0.2) is 0 Å². The summed E-state index contributed by atoms with van der Waals surface area (Å²) in [6.07, 6.45) is 1.49. The number of carbonyl (C=O) groups excluding carboxylic acids is 3. The predicted octanol–water partition coefficient (Wildman–Crippen LogP) is 2.71. The highest BCUT2D eigenvalue weighted by atomic mass is 16.5. The van der Waals surface area contributed by atoms with Crippen LogP contribution in [0, 0.1) is 17.8 Å². The molecule has 3 N–H and O–H groups in total. The molecular weight excluding hydrogens is 564 g/mol. The van der Waals surface area contributed by atoms with Gasteiger partial charge < -0.3 is 30.1 Å². The number of rotatable bonds is 11. The fourth-order valence-electron chi connectivity index (χ4n) is 7.64. The molecule has 1 spiro atoms. The van der Waals surface area contributed by atoms with Gasteiger partial charge in [-0.05, 0) is 68.5 Å². The third kappa shape index (κ3) is 4.62. The monoisotopic (exact) mass is 604 g/mol. The van der Waals surface area contributed by atoms with Gasteiger partial charge in [0.05, 0.1) is 42.2 Å². The van der Waals surface area contributed by atoms with Crippen molar-refractivity contribution in [1.82, 2.24) is 25.2 Å². The van der Waals surface area contributed by atoms with Crippen LogP contribution in [0.1, 0.15) is 47.0 Å². The van der Waals surface area contributed by atoms with Gasteiger partial charge in [0.25, 0.3) is 0 Å². The van der Waals surface area contributed by atoms with Crippen molar-refractivity contribution in [1.29, 1.82) is 0 Å². The molecule has 234 valence electrons. The first kappa shape index (κ1) is 30.0. The van der Waals surface area contributed by atoms with E-state index >= 15 is 0 Å². The number of ether oxygens (including phenoxy) is 2. The second kappa shape index (κ2) is 11.5. The molecule has 3 amide bonds. The Bertz CT molecular complexity index is 1560. The fourth-order valence-corrected chi connectivity index (χ4v) is 7.64. The number of aliphatic hydroxyl groups excluding tert-OH is 1. The van der Waals surface area contributed by atoms with Crippen LogP contribution in [-0.4, -0.2) is 79.2 Å². The molecule has 3 aromatic rings. The van der Waals surface area contributed by atoms with Crippen LogP contribution in [0.2, 0.25) is 0 Å². The maximum Gasteiger partial charge on any atom is 0.247 e. The van der Waals surface area contributed by atoms with Crippen LogP contribution < -0.4 is 15.4 Å². The van der Waals surface area contributed by atoms with E-state index in [1.807, 2.05) is 52.0 Å². The molecule has 0 aliphatic carbocycles. The Hall–Kier alpha value is -4.03. The molecule has 6 rings (SSSR count). The average Bonchev–Trinajstić information content (AvgIpc) is 3.75. The smallest absolute Gasteiger partial charge is 0.247 e. The van der Waals surface area contributed by atoms with Gasteiger partial charge in [-0.25, -0.2) is 4.68 Å². The lowest BCUT2D eigenvalue weighted by Crippen LogP contribution is -2.59. The molecule has 2 bridgehead atoms. The summed E-state index contributed by atoms with van der Waals surface area (Å²) in [5, 5.41) is 24.7. The van der Waals surface area contributed by atoms with E-state index in [4.69, 9.17) is 9.47 Å². The van der Waals surface area contributed by atoms with E-state index in [9.17, 15) is 19.5 Å². The summed E-state index contributed by atoms with van der Waals surface area (Å²) in [7, 11) is 0. The molecule has 0 saturated carbocycles. The SMILES string of the molecule is CCOc1ccc(NC(=O)[C@H]2[C@H]3C(=O)N([C@@H](CO)C(C)C)C(C(=O)NCn4nnc5ccccc54)C34CC[C@]2(CC)O4)cc1. The Balaban J connectivity index is 1.33. The predicted molar refractivity (Wildman–Crippen MR) is 161 cm³/mol. The minimum atomic E-state index is -1.22. The largest absolute Gasteiger partial charge is 0.494 e. The molecule has 2 unspecified atom stereocenters. The van der Waals surface area contributed by atoms with Crippen molar-refractivity contribution in [2.75, 3.05) is 18.5 Å². The number of hydrogen-bond acceptors (Lipinski definition) is 8. The van der Waals surface area contributed by atoms with Crippen molar-refractivity contribution in [2.45, 2.75) is 76.9 Å². The van der Waals surface area contributed by atoms with Crippen LogP contribution >= 0.6 is 0 Å². The van der Waals surface area contributed by atoms with Crippen LogP contribution in [0.3, 0.4) is 0 Å². The van der Waals surface area contributed by atoms with E-state index in [0.29, 0.717) is 42.8 Å². The fraction of sp³-hybridized carbons (Fsp3) is 0.531. The highest BCUT2D eigenvalue weighted by Crippen LogP contribution is 2.64. The highest BCUT2D eigenvalue weighted by molar-refractivity contribution is 6.02. The van der Waals surface area contributed by atoms with Gasteiger partial charge in [0.1, 0.15) is 29.6 Å². The van der Waals surface area contributed by atoms with Gasteiger partial charge >= 0.3 is 0 Å². The minimum absolute atomic E-state index is 0.0324. The van der Waals surface area contributed by atoms with Crippen molar-refractivity contribution in [3.8, 4) is 5.75 Å². The second-order valence-corrected chi connectivity index (χ2v) is 12.3. The van der Waals surface area contributed by atoms with Gasteiger partial charge in [-0.2, -0.15) is 0 Å². The number of anilines is 1. The molecule has 3 saturated heterocycles. The highest BCUT2D eigenvalue weighted by Gasteiger charge is 2.79. The van der Waals surface area contributed by atoms with Gasteiger partial charge in [-0.3, -0.25) is 14.4 Å². The number of amides is 3. The number of hydrogen-bond donors (Lipinski definition) is 3. The van der Waals surface area contributed by atoms with Gasteiger partial charge in [-0.1, -0.05) is 38.1 Å². The zero-order chi connectivity index (χ0) is 31.2. The molecule has 44 heavy (non-hydrogen) atoms. The third-order valence-electron chi connectivity index (χ3n) is 9.72. The third-order valence-corrected chi connectivity index (χ3v) is 9.72. The number of nitrogens with zero attached hydrogens (tertiary/aromatic N) is 4. The maximum atomic E-state index is 14.5. The summed E-state index contributed by atoms with van der Waals surface area (Å²) < 4.78 is 13.9. The van der Waals surface area contributed by atoms with Crippen LogP contribution in [0.5, 0.6) is 5.75 Å². The summed E-state index contributed by atoms with van der Waals surface area (Å²) in [5.41, 5.74) is -0.0804. The molecule has 3 fully saturated rings. The van der Waals surface area contributed by atoms with Gasteiger partial charge in [-0.15, -0.1) is 5.10 Å². The number of carbonyl (C=O) groups is 3. The van der Waals surface area contributed by atoms with E-state index in [1.165, 1.54) is 4.90 Å². The number of nitrogens with one attached hydrogen (secondary N) is 2. The Morgan fingerprint density at radius 3 is 2.55 bits per heavy atom. The van der Waals surface area contributed by atoms with E-state index in [2.05, 4.69) is 20.9 Å². The van der Waals surface area contributed by atoms with E-state index in [-0.39, 0.29) is 31.0 Å². The quantitative estimate of drug-likeness (QED) is 0.303. The summed E-state index contributed by atoms with van der Waals surface area (Å²) in [4.78, 5) is 44.2. The van der Waals surface area contributed by atoms with Crippen LogP contribution in [0.15, 0.2) is 48.5 Å². The molecule has 0 radical (unpaired) electrons. The first-order chi connectivity index (χ1) is 21.2. The number of aliphatic hydroxyl groups is 1. The topological polar surface area (TPSA) is 148 Å². The molecular formula is C32H40N6O6. The standard InChI is InChI=1S/C32H40N6O6/c1-5-31-15-16-32(44-31)26(25(31)28(40)34-20-11-13-21(14-12-20)43-6-2)30(42)38(24(17-39)19(3)4)27(32)29(41)33-18-37-23-10-8-7-9-22(23)35-36-37/h7-14,19,24-27,39H,5-6,15-18H2,1-4H3,(H,33,41)(H,34,40)/t24-,25+,26-,27?,31-,32?/m0/s1. The molecule has 6 atom stereocenters. The Morgan fingerprint density at radius 1 is 1.11 bits per heavy atom. The molecule has 12 nitrogen and oxygen atoms in total. The molecule has 1 aromatic heterocycles. The van der Waals surface area contributed by atoms with Crippen molar-refractivity contribution in [2.24, 2.45) is 17.8 Å². The van der Waals surface area contributed by atoms with E-state index in [1.54, 1.807) is 28.9 Å². The molecule has 2 aromatic carbocycles. The number of fused-ring (bicyclic) bond motifs is 2. The first-order valence-electron chi connectivity index (χ1n) is 15.4. The van der Waals surface area contributed by atoms with Crippen molar-refractivity contribution in [3.05, 3.63) is 48.5 Å². The zero-order valence-corrected chi connectivity index (χ0v) is 25.5. The maximum absolute atomic E-state index is 14.5. The van der Waals surface area contributed by atoms with E-state index in [0.717, 1.165) is 5.52 Å². The molecule has 3 aliphatic heterocycles. The Kier molecular flexibility index (Phi) is 7.83. The normalized spacial score (nSPS) is 28.0. The molecule has 4 heterocycles. The Morgan fingerprint density at radius 2 is 1.86 bits per heavy atom.